The van der Waals surface area contributed by atoms with Crippen molar-refractivity contribution in [3.8, 4) is 5.75 Å². The standard InChI is InChI=1S/C16H21NO5S/c1-21-11-3-4-12-10-7-15(17-16(18)8-10)13(14(12)9-11)5-6-22-23(2,19)20/h3-4,9-10,13,15H,5-8H2,1-2H3,(H,17,18)/t10-,13+,15-/m1/s1. The number of fused-ring (bicyclic) bond motifs is 4. The van der Waals surface area contributed by atoms with Crippen LogP contribution in [0, 0.1) is 0 Å². The lowest BCUT2D eigenvalue weighted by Crippen LogP contribution is -2.48. The number of ether oxygens (including phenoxy) is 1. The maximum atomic E-state index is 11.9. The van der Waals surface area contributed by atoms with E-state index in [0.717, 1.165) is 24.0 Å². The molecule has 1 fully saturated rings. The highest BCUT2D eigenvalue weighted by molar-refractivity contribution is 7.85. The molecule has 3 atom stereocenters. The summed E-state index contributed by atoms with van der Waals surface area (Å²) in [5.74, 6) is 1.08. The summed E-state index contributed by atoms with van der Waals surface area (Å²) in [5, 5.41) is 3.04. The van der Waals surface area contributed by atoms with E-state index in [0.29, 0.717) is 12.8 Å². The Balaban J connectivity index is 1.90. The number of carbonyl (C=O) groups excluding carboxylic acids is 1. The molecule has 1 heterocycles. The van der Waals surface area contributed by atoms with Gasteiger partial charge in [-0.1, -0.05) is 6.07 Å². The summed E-state index contributed by atoms with van der Waals surface area (Å²) in [6.07, 6.45) is 2.96. The molecule has 0 unspecified atom stereocenters. The van der Waals surface area contributed by atoms with Gasteiger partial charge in [0.15, 0.2) is 0 Å². The number of rotatable bonds is 5. The third-order valence-corrected chi connectivity index (χ3v) is 5.26. The normalized spacial score (nSPS) is 26.3. The first-order valence-electron chi connectivity index (χ1n) is 7.69. The van der Waals surface area contributed by atoms with Crippen LogP contribution in [-0.2, 0) is 19.1 Å². The predicted octanol–water partition coefficient (Wildman–Crippen LogP) is 1.52. The van der Waals surface area contributed by atoms with E-state index in [1.807, 2.05) is 18.2 Å². The second-order valence-corrected chi connectivity index (χ2v) is 7.87. The zero-order valence-corrected chi connectivity index (χ0v) is 14.1. The van der Waals surface area contributed by atoms with E-state index in [1.54, 1.807) is 7.11 Å². The minimum atomic E-state index is -3.46. The Morgan fingerprint density at radius 2 is 2.09 bits per heavy atom. The van der Waals surface area contributed by atoms with Crippen LogP contribution >= 0.6 is 0 Å². The van der Waals surface area contributed by atoms with Gasteiger partial charge in [0.05, 0.1) is 20.0 Å². The number of nitrogens with one attached hydrogen (secondary N) is 1. The number of piperidine rings is 1. The molecule has 6 nitrogen and oxygen atoms in total. The van der Waals surface area contributed by atoms with E-state index in [-0.39, 0.29) is 30.4 Å². The van der Waals surface area contributed by atoms with E-state index >= 15 is 0 Å². The Kier molecular flexibility index (Phi) is 4.33. The van der Waals surface area contributed by atoms with Gasteiger partial charge in [-0.3, -0.25) is 8.98 Å². The molecule has 0 saturated carbocycles. The lowest BCUT2D eigenvalue weighted by molar-refractivity contribution is -0.124. The SMILES string of the molecule is COc1ccc2c(c1)[C@H](CCOS(C)(=O)=O)[C@H]1C[C@@H]2CC(=O)N1. The van der Waals surface area contributed by atoms with Gasteiger partial charge in [-0.05, 0) is 42.0 Å². The summed E-state index contributed by atoms with van der Waals surface area (Å²) in [5.41, 5.74) is 2.30. The van der Waals surface area contributed by atoms with Crippen LogP contribution in [0.4, 0.5) is 0 Å². The van der Waals surface area contributed by atoms with Crippen LogP contribution in [0.15, 0.2) is 18.2 Å². The molecule has 3 rings (SSSR count). The maximum Gasteiger partial charge on any atom is 0.264 e. The fourth-order valence-corrected chi connectivity index (χ4v) is 4.11. The monoisotopic (exact) mass is 339 g/mol. The number of hydrogen-bond donors (Lipinski definition) is 1. The highest BCUT2D eigenvalue weighted by Crippen LogP contribution is 2.45. The Morgan fingerprint density at radius 3 is 2.78 bits per heavy atom. The third kappa shape index (κ3) is 3.50. The van der Waals surface area contributed by atoms with Crippen molar-refractivity contribution in [1.82, 2.24) is 5.32 Å². The largest absolute Gasteiger partial charge is 0.497 e. The first kappa shape index (κ1) is 16.3. The molecule has 1 amide bonds. The molecule has 2 aliphatic rings. The molecule has 126 valence electrons. The molecule has 1 aliphatic carbocycles. The maximum absolute atomic E-state index is 11.9. The average Bonchev–Trinajstić information content (AvgIpc) is 2.48. The number of hydrogen-bond acceptors (Lipinski definition) is 5. The Hall–Kier alpha value is -1.60. The number of methoxy groups -OCH3 is 1. The van der Waals surface area contributed by atoms with Crippen molar-refractivity contribution in [2.24, 2.45) is 0 Å². The van der Waals surface area contributed by atoms with Gasteiger partial charge in [-0.2, -0.15) is 8.42 Å². The minimum Gasteiger partial charge on any atom is -0.497 e. The van der Waals surface area contributed by atoms with Gasteiger partial charge >= 0.3 is 0 Å². The van der Waals surface area contributed by atoms with Crippen LogP contribution in [0.25, 0.3) is 0 Å². The van der Waals surface area contributed by atoms with Gasteiger partial charge in [-0.25, -0.2) is 0 Å². The lowest BCUT2D eigenvalue weighted by atomic mass is 9.69. The third-order valence-electron chi connectivity index (χ3n) is 4.66. The molecule has 2 bridgehead atoms. The van der Waals surface area contributed by atoms with Gasteiger partial charge in [0.2, 0.25) is 5.91 Å². The predicted molar refractivity (Wildman–Crippen MR) is 85.1 cm³/mol. The van der Waals surface area contributed by atoms with Crippen LogP contribution in [-0.4, -0.2) is 40.3 Å². The zero-order valence-electron chi connectivity index (χ0n) is 13.2. The Labute approximate surface area is 136 Å². The van der Waals surface area contributed by atoms with E-state index in [1.165, 1.54) is 5.56 Å². The van der Waals surface area contributed by atoms with Crippen molar-refractivity contribution < 1.29 is 22.1 Å². The van der Waals surface area contributed by atoms with Crippen molar-refractivity contribution in [3.05, 3.63) is 29.3 Å². The zero-order chi connectivity index (χ0) is 16.6. The fraction of sp³-hybridized carbons (Fsp3) is 0.562. The fourth-order valence-electron chi connectivity index (χ4n) is 3.71. The van der Waals surface area contributed by atoms with Crippen LogP contribution in [0.3, 0.4) is 0 Å². The summed E-state index contributed by atoms with van der Waals surface area (Å²) >= 11 is 0. The molecule has 0 radical (unpaired) electrons. The van der Waals surface area contributed by atoms with Crippen molar-refractivity contribution in [3.63, 3.8) is 0 Å². The molecule has 1 saturated heterocycles. The van der Waals surface area contributed by atoms with Gasteiger partial charge in [0.25, 0.3) is 10.1 Å². The van der Waals surface area contributed by atoms with Crippen molar-refractivity contribution in [2.45, 2.75) is 37.1 Å². The molecule has 23 heavy (non-hydrogen) atoms. The topological polar surface area (TPSA) is 81.7 Å². The van der Waals surface area contributed by atoms with Crippen LogP contribution in [0.1, 0.15) is 42.2 Å². The molecule has 7 heteroatoms. The molecular weight excluding hydrogens is 318 g/mol. The molecule has 1 aromatic carbocycles. The summed E-state index contributed by atoms with van der Waals surface area (Å²) < 4.78 is 32.6. The molecule has 1 N–H and O–H groups in total. The molecular formula is C16H21NO5S. The lowest BCUT2D eigenvalue weighted by Gasteiger charge is -2.42. The second-order valence-electron chi connectivity index (χ2n) is 6.23. The summed E-state index contributed by atoms with van der Waals surface area (Å²) in [7, 11) is -1.84. The minimum absolute atomic E-state index is 0.0176. The average molecular weight is 339 g/mol. The highest BCUT2D eigenvalue weighted by atomic mass is 32.2. The first-order valence-corrected chi connectivity index (χ1v) is 9.50. The molecule has 0 aromatic heterocycles. The van der Waals surface area contributed by atoms with Crippen molar-refractivity contribution >= 4 is 16.0 Å². The summed E-state index contributed by atoms with van der Waals surface area (Å²) in [6.45, 7) is 0.108. The number of amides is 1. The Bertz CT molecular complexity index is 715. The van der Waals surface area contributed by atoms with E-state index in [4.69, 9.17) is 8.92 Å². The summed E-state index contributed by atoms with van der Waals surface area (Å²) in [4.78, 5) is 11.9. The van der Waals surface area contributed by atoms with E-state index < -0.39 is 10.1 Å². The molecule has 1 aliphatic heterocycles. The van der Waals surface area contributed by atoms with Gasteiger partial charge in [0, 0.05) is 18.4 Å². The van der Waals surface area contributed by atoms with Crippen molar-refractivity contribution in [2.75, 3.05) is 20.0 Å². The number of carbonyl (C=O) groups is 1. The van der Waals surface area contributed by atoms with Crippen LogP contribution < -0.4 is 10.1 Å². The van der Waals surface area contributed by atoms with Gasteiger partial charge < -0.3 is 10.1 Å². The van der Waals surface area contributed by atoms with Gasteiger partial charge in [-0.15, -0.1) is 0 Å². The van der Waals surface area contributed by atoms with Gasteiger partial charge in [0.1, 0.15) is 5.75 Å². The molecule has 1 aromatic rings. The Morgan fingerprint density at radius 1 is 1.30 bits per heavy atom. The van der Waals surface area contributed by atoms with Crippen molar-refractivity contribution in [1.29, 1.82) is 0 Å². The van der Waals surface area contributed by atoms with Crippen LogP contribution in [0.5, 0.6) is 5.75 Å². The quantitative estimate of drug-likeness (QED) is 0.823. The number of benzene rings is 1. The smallest absolute Gasteiger partial charge is 0.264 e. The van der Waals surface area contributed by atoms with E-state index in [9.17, 15) is 13.2 Å². The summed E-state index contributed by atoms with van der Waals surface area (Å²) in [6, 6.07) is 5.95. The highest BCUT2D eigenvalue weighted by Gasteiger charge is 2.40. The molecule has 0 spiro atoms. The van der Waals surface area contributed by atoms with E-state index in [2.05, 4.69) is 5.32 Å². The first-order chi connectivity index (χ1) is 10.9. The second kappa shape index (κ2) is 6.13. The van der Waals surface area contributed by atoms with Crippen LogP contribution in [0.2, 0.25) is 0 Å².